The van der Waals surface area contributed by atoms with Crippen LogP contribution in [-0.4, -0.2) is 10.1 Å². The molecule has 1 heterocycles. The van der Waals surface area contributed by atoms with Gasteiger partial charge in [0.1, 0.15) is 5.60 Å². The summed E-state index contributed by atoms with van der Waals surface area (Å²) in [5.41, 5.74) is 6.26. The van der Waals surface area contributed by atoms with Crippen LogP contribution in [0, 0.1) is 0 Å². The van der Waals surface area contributed by atoms with Crippen LogP contribution >= 0.6 is 11.6 Å². The molecule has 1 aromatic heterocycles. The van der Waals surface area contributed by atoms with E-state index in [0.29, 0.717) is 10.7 Å². The first-order chi connectivity index (χ1) is 8.51. The van der Waals surface area contributed by atoms with E-state index in [1.807, 2.05) is 18.2 Å². The molecule has 1 aromatic carbocycles. The van der Waals surface area contributed by atoms with E-state index >= 15 is 0 Å². The molecule has 0 saturated carbocycles. The zero-order chi connectivity index (χ0) is 13.2. The summed E-state index contributed by atoms with van der Waals surface area (Å²) >= 11 is 5.83. The Bertz CT molecular complexity index is 511. The van der Waals surface area contributed by atoms with E-state index in [0.717, 1.165) is 5.56 Å². The number of halogens is 1. The first-order valence-corrected chi connectivity index (χ1v) is 6.04. The second-order valence-electron chi connectivity index (χ2n) is 4.39. The molecular formula is C14H15ClN2O. The van der Waals surface area contributed by atoms with Crippen molar-refractivity contribution in [3.63, 3.8) is 0 Å². The summed E-state index contributed by atoms with van der Waals surface area (Å²) in [6.07, 6.45) is 1.64. The van der Waals surface area contributed by atoms with Gasteiger partial charge in [0.05, 0.1) is 11.7 Å². The number of aromatic nitrogens is 1. The van der Waals surface area contributed by atoms with E-state index in [9.17, 15) is 5.11 Å². The minimum atomic E-state index is -1.23. The number of nitrogens with zero attached hydrogens (tertiary/aromatic N) is 1. The van der Waals surface area contributed by atoms with Crippen LogP contribution in [0.25, 0.3) is 0 Å². The molecule has 18 heavy (non-hydrogen) atoms. The van der Waals surface area contributed by atoms with E-state index in [-0.39, 0.29) is 0 Å². The maximum absolute atomic E-state index is 10.6. The molecule has 0 saturated heterocycles. The number of nitrogens with two attached hydrogens (primary N) is 1. The van der Waals surface area contributed by atoms with Crippen LogP contribution in [0.1, 0.15) is 24.2 Å². The SMILES string of the molecule is CC(O)(c1ccccn1)C(N)c1ccc(Cl)cc1. The van der Waals surface area contributed by atoms with Gasteiger partial charge in [0.25, 0.3) is 0 Å². The number of aliphatic hydroxyl groups is 1. The summed E-state index contributed by atoms with van der Waals surface area (Å²) < 4.78 is 0. The lowest BCUT2D eigenvalue weighted by Gasteiger charge is -2.29. The van der Waals surface area contributed by atoms with Crippen LogP contribution in [0.2, 0.25) is 5.02 Å². The molecule has 94 valence electrons. The second kappa shape index (κ2) is 5.06. The fraction of sp³-hybridized carbons (Fsp3) is 0.214. The van der Waals surface area contributed by atoms with Crippen molar-refractivity contribution in [2.45, 2.75) is 18.6 Å². The highest BCUT2D eigenvalue weighted by molar-refractivity contribution is 6.30. The van der Waals surface area contributed by atoms with E-state index in [1.54, 1.807) is 37.4 Å². The van der Waals surface area contributed by atoms with E-state index < -0.39 is 11.6 Å². The Hall–Kier alpha value is -1.42. The van der Waals surface area contributed by atoms with E-state index in [1.165, 1.54) is 0 Å². The highest BCUT2D eigenvalue weighted by atomic mass is 35.5. The summed E-state index contributed by atoms with van der Waals surface area (Å²) in [6, 6.07) is 11.9. The quantitative estimate of drug-likeness (QED) is 0.894. The maximum atomic E-state index is 10.6. The van der Waals surface area contributed by atoms with E-state index in [2.05, 4.69) is 4.98 Å². The molecule has 0 bridgehead atoms. The van der Waals surface area contributed by atoms with Gasteiger partial charge in [-0.25, -0.2) is 0 Å². The van der Waals surface area contributed by atoms with Crippen molar-refractivity contribution in [3.05, 3.63) is 64.9 Å². The van der Waals surface area contributed by atoms with Crippen molar-refractivity contribution in [1.29, 1.82) is 0 Å². The van der Waals surface area contributed by atoms with Crippen molar-refractivity contribution in [3.8, 4) is 0 Å². The minimum absolute atomic E-state index is 0.549. The summed E-state index contributed by atoms with van der Waals surface area (Å²) in [7, 11) is 0. The van der Waals surface area contributed by atoms with Gasteiger partial charge in [-0.2, -0.15) is 0 Å². The van der Waals surface area contributed by atoms with Crippen molar-refractivity contribution in [1.82, 2.24) is 4.98 Å². The van der Waals surface area contributed by atoms with Crippen molar-refractivity contribution in [2.24, 2.45) is 5.73 Å². The lowest BCUT2D eigenvalue weighted by atomic mass is 9.88. The van der Waals surface area contributed by atoms with Gasteiger partial charge >= 0.3 is 0 Å². The second-order valence-corrected chi connectivity index (χ2v) is 4.83. The van der Waals surface area contributed by atoms with Crippen LogP contribution in [0.4, 0.5) is 0 Å². The van der Waals surface area contributed by atoms with Gasteiger partial charge in [-0.15, -0.1) is 0 Å². The maximum Gasteiger partial charge on any atom is 0.123 e. The average Bonchev–Trinajstić information content (AvgIpc) is 2.40. The molecule has 0 fully saturated rings. The molecule has 0 radical (unpaired) electrons. The number of hydrogen-bond donors (Lipinski definition) is 2. The van der Waals surface area contributed by atoms with Crippen LogP contribution in [0.5, 0.6) is 0 Å². The largest absolute Gasteiger partial charge is 0.382 e. The van der Waals surface area contributed by atoms with Gasteiger partial charge in [0.15, 0.2) is 0 Å². The predicted octanol–water partition coefficient (Wildman–Crippen LogP) is 2.64. The molecule has 0 amide bonds. The van der Waals surface area contributed by atoms with Gasteiger partial charge in [-0.1, -0.05) is 29.8 Å². The zero-order valence-electron chi connectivity index (χ0n) is 10.0. The Morgan fingerprint density at radius 3 is 2.44 bits per heavy atom. The van der Waals surface area contributed by atoms with Gasteiger partial charge in [0.2, 0.25) is 0 Å². The Labute approximate surface area is 111 Å². The Morgan fingerprint density at radius 2 is 1.89 bits per heavy atom. The van der Waals surface area contributed by atoms with Crippen LogP contribution in [-0.2, 0) is 5.60 Å². The first kappa shape index (κ1) is 13.0. The number of hydrogen-bond acceptors (Lipinski definition) is 3. The Kier molecular flexibility index (Phi) is 3.66. The third-order valence-electron chi connectivity index (χ3n) is 3.02. The Morgan fingerprint density at radius 1 is 1.22 bits per heavy atom. The van der Waals surface area contributed by atoms with Crippen molar-refractivity contribution in [2.75, 3.05) is 0 Å². The third kappa shape index (κ3) is 2.53. The molecule has 3 nitrogen and oxygen atoms in total. The highest BCUT2D eigenvalue weighted by Gasteiger charge is 2.33. The Balaban J connectivity index is 2.32. The van der Waals surface area contributed by atoms with Crippen molar-refractivity contribution >= 4 is 11.6 Å². The smallest absolute Gasteiger partial charge is 0.123 e. The topological polar surface area (TPSA) is 59.1 Å². The average molecular weight is 263 g/mol. The molecule has 3 N–H and O–H groups in total. The number of rotatable bonds is 3. The fourth-order valence-electron chi connectivity index (χ4n) is 1.82. The molecule has 4 heteroatoms. The van der Waals surface area contributed by atoms with Gasteiger partial charge < -0.3 is 10.8 Å². The fourth-order valence-corrected chi connectivity index (χ4v) is 1.94. The minimum Gasteiger partial charge on any atom is -0.382 e. The van der Waals surface area contributed by atoms with Gasteiger partial charge in [-0.3, -0.25) is 4.98 Å². The molecule has 0 aliphatic heterocycles. The molecule has 0 spiro atoms. The summed E-state index contributed by atoms with van der Waals surface area (Å²) in [5, 5.41) is 11.2. The number of pyridine rings is 1. The molecular weight excluding hydrogens is 248 g/mol. The lowest BCUT2D eigenvalue weighted by molar-refractivity contribution is 0.0239. The molecule has 2 atom stereocenters. The lowest BCUT2D eigenvalue weighted by Crippen LogP contribution is -2.36. The van der Waals surface area contributed by atoms with Crippen molar-refractivity contribution < 1.29 is 5.11 Å². The van der Waals surface area contributed by atoms with Gasteiger partial charge in [-0.05, 0) is 36.8 Å². The summed E-state index contributed by atoms with van der Waals surface area (Å²) in [4.78, 5) is 4.16. The van der Waals surface area contributed by atoms with E-state index in [4.69, 9.17) is 17.3 Å². The molecule has 2 rings (SSSR count). The summed E-state index contributed by atoms with van der Waals surface area (Å²) in [5.74, 6) is 0. The summed E-state index contributed by atoms with van der Waals surface area (Å²) in [6.45, 7) is 1.66. The van der Waals surface area contributed by atoms with Crippen LogP contribution in [0.3, 0.4) is 0 Å². The zero-order valence-corrected chi connectivity index (χ0v) is 10.8. The molecule has 0 aliphatic carbocycles. The van der Waals surface area contributed by atoms with Crippen LogP contribution in [0.15, 0.2) is 48.7 Å². The predicted molar refractivity (Wildman–Crippen MR) is 72.2 cm³/mol. The molecule has 2 aromatic rings. The van der Waals surface area contributed by atoms with Gasteiger partial charge in [0, 0.05) is 11.2 Å². The molecule has 2 unspecified atom stereocenters. The highest BCUT2D eigenvalue weighted by Crippen LogP contribution is 2.32. The number of benzene rings is 1. The normalized spacial score (nSPS) is 16.0. The molecule has 0 aliphatic rings. The monoisotopic (exact) mass is 262 g/mol. The third-order valence-corrected chi connectivity index (χ3v) is 3.27. The standard InChI is InChI=1S/C14H15ClN2O/c1-14(18,12-4-2-3-9-17-12)13(16)10-5-7-11(15)8-6-10/h2-9,13,18H,16H2,1H3. The van der Waals surface area contributed by atoms with Crippen LogP contribution < -0.4 is 5.73 Å². The first-order valence-electron chi connectivity index (χ1n) is 5.67.